The van der Waals surface area contributed by atoms with E-state index in [0.717, 1.165) is 36.8 Å². The fourth-order valence-corrected chi connectivity index (χ4v) is 4.17. The molecular formula is C32H31F2O3. The monoisotopic (exact) mass is 501 g/mol. The lowest BCUT2D eigenvalue weighted by atomic mass is 9.97. The Kier molecular flexibility index (Phi) is 9.70. The number of carbonyl (C=O) groups excluding carboxylic acids is 1. The molecule has 0 saturated heterocycles. The molecule has 1 fully saturated rings. The molecule has 0 unspecified atom stereocenters. The summed E-state index contributed by atoms with van der Waals surface area (Å²) in [6, 6.07) is 15.5. The van der Waals surface area contributed by atoms with E-state index in [1.807, 2.05) is 37.8 Å². The number of esters is 1. The number of ether oxygens (including phenoxy) is 2. The molecule has 0 atom stereocenters. The molecule has 0 spiro atoms. The van der Waals surface area contributed by atoms with Gasteiger partial charge in [-0.2, -0.15) is 0 Å². The summed E-state index contributed by atoms with van der Waals surface area (Å²) in [5.74, 6) is -0.440. The second-order valence-electron chi connectivity index (χ2n) is 9.04. The van der Waals surface area contributed by atoms with Gasteiger partial charge in [-0.3, -0.25) is 0 Å². The minimum absolute atomic E-state index is 0.0747. The van der Waals surface area contributed by atoms with Crippen LogP contribution in [0.2, 0.25) is 0 Å². The third-order valence-corrected chi connectivity index (χ3v) is 6.27. The van der Waals surface area contributed by atoms with E-state index in [4.69, 9.17) is 9.47 Å². The molecule has 1 aliphatic carbocycles. The second kappa shape index (κ2) is 13.4. The molecule has 0 amide bonds. The molecule has 3 aromatic carbocycles. The Bertz CT molecular complexity index is 1170. The first-order valence-corrected chi connectivity index (χ1v) is 12.8. The predicted molar refractivity (Wildman–Crippen MR) is 142 cm³/mol. The maximum absolute atomic E-state index is 14.9. The summed E-state index contributed by atoms with van der Waals surface area (Å²) < 4.78 is 40.4. The minimum atomic E-state index is -0.614. The van der Waals surface area contributed by atoms with E-state index in [1.165, 1.54) is 43.5 Å². The highest BCUT2D eigenvalue weighted by Crippen LogP contribution is 2.31. The number of unbranched alkanes of at least 4 members (excludes halogenated alkanes) is 5. The van der Waals surface area contributed by atoms with Crippen molar-refractivity contribution in [2.24, 2.45) is 0 Å². The molecule has 3 nitrogen and oxygen atoms in total. The molecule has 4 rings (SSSR count). The van der Waals surface area contributed by atoms with Crippen molar-refractivity contribution in [2.75, 3.05) is 6.61 Å². The average Bonchev–Trinajstić information content (AvgIpc) is 3.44. The van der Waals surface area contributed by atoms with Crippen molar-refractivity contribution < 1.29 is 23.0 Å². The van der Waals surface area contributed by atoms with Gasteiger partial charge in [0.1, 0.15) is 11.6 Å². The lowest BCUT2D eigenvalue weighted by molar-refractivity contribution is 0.0734. The lowest BCUT2D eigenvalue weighted by Gasteiger charge is -2.11. The number of hydrogen-bond donors (Lipinski definition) is 0. The second-order valence-corrected chi connectivity index (χ2v) is 9.04. The fraction of sp³-hybridized carbons (Fsp3) is 0.250. The van der Waals surface area contributed by atoms with Crippen molar-refractivity contribution in [3.05, 3.63) is 115 Å². The average molecular weight is 502 g/mol. The third kappa shape index (κ3) is 7.41. The van der Waals surface area contributed by atoms with E-state index >= 15 is 0 Å². The topological polar surface area (TPSA) is 35.5 Å². The van der Waals surface area contributed by atoms with Crippen molar-refractivity contribution in [3.8, 4) is 22.6 Å². The van der Waals surface area contributed by atoms with Gasteiger partial charge in [-0.1, -0.05) is 57.2 Å². The number of rotatable bonds is 12. The molecule has 37 heavy (non-hydrogen) atoms. The third-order valence-electron chi connectivity index (χ3n) is 6.27. The highest BCUT2D eigenvalue weighted by Gasteiger charge is 2.19. The minimum Gasteiger partial charge on any atom is -0.491 e. The molecule has 0 aliphatic heterocycles. The molecule has 0 N–H and O–H groups in total. The van der Waals surface area contributed by atoms with Crippen LogP contribution in [0.1, 0.15) is 61.4 Å². The van der Waals surface area contributed by atoms with Gasteiger partial charge in [0.05, 0.1) is 12.2 Å². The Balaban J connectivity index is 1.33. The molecule has 0 heterocycles. The standard InChI is InChI=1S/C32H31F2O3/c1-2-3-4-5-6-9-20-36-31-19-16-26(21-30(31)34)28-18-17-27(22-29(28)33)37-32(35)25-14-12-24(13-15-25)23-10-7-8-11-23/h7-8,10-19,21-22H,2-6,9,20H2,1H3. The van der Waals surface area contributed by atoms with Crippen LogP contribution in [-0.4, -0.2) is 12.6 Å². The SMILES string of the molecule is CCCCCCCCOc1ccc(-c2ccc(OC(=O)c3ccc([C]4[CH][CH][CH][CH]4)cc3)cc2F)cc1F. The fourth-order valence-electron chi connectivity index (χ4n) is 4.17. The van der Waals surface area contributed by atoms with Crippen LogP contribution < -0.4 is 9.47 Å². The van der Waals surface area contributed by atoms with E-state index in [2.05, 4.69) is 6.92 Å². The van der Waals surface area contributed by atoms with Gasteiger partial charge >= 0.3 is 5.97 Å². The maximum atomic E-state index is 14.9. The summed E-state index contributed by atoms with van der Waals surface area (Å²) in [6.07, 6.45) is 14.6. The van der Waals surface area contributed by atoms with Crippen LogP contribution in [0.3, 0.4) is 0 Å². The van der Waals surface area contributed by atoms with Gasteiger partial charge in [0.25, 0.3) is 0 Å². The first-order valence-electron chi connectivity index (χ1n) is 12.8. The van der Waals surface area contributed by atoms with Crippen LogP contribution in [0.15, 0.2) is 60.7 Å². The summed E-state index contributed by atoms with van der Waals surface area (Å²) in [5, 5.41) is 0. The zero-order chi connectivity index (χ0) is 26.0. The Morgan fingerprint density at radius 2 is 1.46 bits per heavy atom. The highest BCUT2D eigenvalue weighted by atomic mass is 19.1. The number of halogens is 2. The van der Waals surface area contributed by atoms with Gasteiger partial charge in [-0.25, -0.2) is 13.6 Å². The van der Waals surface area contributed by atoms with Crippen LogP contribution >= 0.6 is 0 Å². The molecule has 191 valence electrons. The molecule has 0 aromatic heterocycles. The van der Waals surface area contributed by atoms with Crippen molar-refractivity contribution >= 4 is 5.97 Å². The van der Waals surface area contributed by atoms with E-state index < -0.39 is 17.6 Å². The molecule has 3 aromatic rings. The summed E-state index contributed by atoms with van der Waals surface area (Å²) in [5.41, 5.74) is 1.93. The smallest absolute Gasteiger partial charge is 0.343 e. The molecule has 0 bridgehead atoms. The van der Waals surface area contributed by atoms with Gasteiger partial charge in [0.2, 0.25) is 0 Å². The maximum Gasteiger partial charge on any atom is 0.343 e. The van der Waals surface area contributed by atoms with Crippen molar-refractivity contribution in [2.45, 2.75) is 45.4 Å². The van der Waals surface area contributed by atoms with Crippen molar-refractivity contribution in [3.63, 3.8) is 0 Å². The van der Waals surface area contributed by atoms with Crippen LogP contribution in [0.25, 0.3) is 11.1 Å². The highest BCUT2D eigenvalue weighted by molar-refractivity contribution is 5.91. The number of carbonyl (C=O) groups is 1. The van der Waals surface area contributed by atoms with Crippen LogP contribution in [0.4, 0.5) is 8.78 Å². The molecule has 1 saturated carbocycles. The van der Waals surface area contributed by atoms with Crippen molar-refractivity contribution in [1.29, 1.82) is 0 Å². The Hall–Kier alpha value is -3.21. The summed E-state index contributed by atoms with van der Waals surface area (Å²) in [6.45, 7) is 2.63. The quantitative estimate of drug-likeness (QED) is 0.142. The summed E-state index contributed by atoms with van der Waals surface area (Å²) >= 11 is 0. The molecule has 1 aliphatic rings. The molecule has 5 heteroatoms. The number of benzene rings is 3. The van der Waals surface area contributed by atoms with Crippen LogP contribution in [0, 0.1) is 43.2 Å². The Labute approximate surface area is 218 Å². The van der Waals surface area contributed by atoms with E-state index in [0.29, 0.717) is 17.7 Å². The van der Waals surface area contributed by atoms with Crippen LogP contribution in [0.5, 0.6) is 11.5 Å². The number of hydrogen-bond acceptors (Lipinski definition) is 3. The van der Waals surface area contributed by atoms with E-state index in [9.17, 15) is 13.6 Å². The van der Waals surface area contributed by atoms with Gasteiger partial charge < -0.3 is 9.47 Å². The zero-order valence-corrected chi connectivity index (χ0v) is 21.0. The first kappa shape index (κ1) is 26.8. The van der Waals surface area contributed by atoms with Gasteiger partial charge in [-0.05, 0) is 79.6 Å². The molecular weight excluding hydrogens is 470 g/mol. The van der Waals surface area contributed by atoms with Crippen molar-refractivity contribution in [1.82, 2.24) is 0 Å². The normalized spacial score (nSPS) is 13.6. The van der Waals surface area contributed by atoms with Crippen LogP contribution in [-0.2, 0) is 0 Å². The largest absolute Gasteiger partial charge is 0.491 e. The van der Waals surface area contributed by atoms with Gasteiger partial charge in [0, 0.05) is 17.5 Å². The lowest BCUT2D eigenvalue weighted by Crippen LogP contribution is -2.09. The van der Waals surface area contributed by atoms with Gasteiger partial charge in [-0.15, -0.1) is 0 Å². The van der Waals surface area contributed by atoms with E-state index in [1.54, 1.807) is 18.2 Å². The predicted octanol–water partition coefficient (Wildman–Crippen LogP) is 8.34. The zero-order valence-electron chi connectivity index (χ0n) is 21.0. The Morgan fingerprint density at radius 3 is 2.16 bits per heavy atom. The Morgan fingerprint density at radius 1 is 0.757 bits per heavy atom. The molecule has 5 radical (unpaired) electrons. The van der Waals surface area contributed by atoms with E-state index in [-0.39, 0.29) is 17.1 Å². The first-order chi connectivity index (χ1) is 18.0. The van der Waals surface area contributed by atoms with Gasteiger partial charge in [0.15, 0.2) is 11.6 Å². The summed E-state index contributed by atoms with van der Waals surface area (Å²) in [7, 11) is 0. The summed E-state index contributed by atoms with van der Waals surface area (Å²) in [4.78, 5) is 12.5.